The van der Waals surface area contributed by atoms with Crippen molar-refractivity contribution in [3.63, 3.8) is 0 Å². The highest BCUT2D eigenvalue weighted by Crippen LogP contribution is 2.35. The summed E-state index contributed by atoms with van der Waals surface area (Å²) in [5.74, 6) is -3.95. The van der Waals surface area contributed by atoms with Gasteiger partial charge in [-0.15, -0.1) is 0 Å². The van der Waals surface area contributed by atoms with Gasteiger partial charge in [0.1, 0.15) is 12.2 Å². The molecule has 6 atom stereocenters. The van der Waals surface area contributed by atoms with Crippen molar-refractivity contribution in [1.29, 1.82) is 0 Å². The molecule has 4 aliphatic rings. The Bertz CT molecular complexity index is 966. The number of terminal acetylenes is 1. The minimum Gasteiger partial charge on any atom is -0.481 e. The molecule has 6 unspecified atom stereocenters. The molecule has 0 amide bonds. The Morgan fingerprint density at radius 2 is 1.22 bits per heavy atom. The fourth-order valence-electron chi connectivity index (χ4n) is 7.55. The van der Waals surface area contributed by atoms with Crippen LogP contribution in [-0.2, 0) is 43.1 Å². The molecule has 2 N–H and O–H groups in total. The summed E-state index contributed by atoms with van der Waals surface area (Å²) in [5, 5.41) is 19.4. The standard InChI is InChI=1S/C34H52O11/c1-2-40-27-14-15-29(31(19-27)33(37)38)34(39)43-20-23-8-10-24(11-9-23)21-44-45-22-25-12-13-28(18-30(25)32(35)36)42-17-16-41-26-6-4-3-5-7-26/h1,23-31H,3-22H2,(H,35,36)(H,37,38). The first kappa shape index (κ1) is 35.5. The summed E-state index contributed by atoms with van der Waals surface area (Å²) in [6.45, 7) is 2.02. The first-order chi connectivity index (χ1) is 21.8. The average molecular weight is 637 g/mol. The number of esters is 1. The lowest BCUT2D eigenvalue weighted by atomic mass is 9.77. The molecule has 4 saturated carbocycles. The van der Waals surface area contributed by atoms with Gasteiger partial charge in [0, 0.05) is 0 Å². The van der Waals surface area contributed by atoms with E-state index in [9.17, 15) is 24.6 Å². The van der Waals surface area contributed by atoms with Crippen LogP contribution in [0.4, 0.5) is 0 Å². The van der Waals surface area contributed by atoms with Crippen LogP contribution < -0.4 is 0 Å². The summed E-state index contributed by atoms with van der Waals surface area (Å²) in [7, 11) is 0. The van der Waals surface area contributed by atoms with Crippen LogP contribution in [0, 0.1) is 48.0 Å². The largest absolute Gasteiger partial charge is 0.481 e. The Morgan fingerprint density at radius 3 is 1.89 bits per heavy atom. The number of carbonyl (C=O) groups excluding carboxylic acids is 1. The minimum absolute atomic E-state index is 0.0743. The summed E-state index contributed by atoms with van der Waals surface area (Å²) >= 11 is 0. The zero-order chi connectivity index (χ0) is 32.0. The first-order valence-electron chi connectivity index (χ1n) is 17.0. The lowest BCUT2D eigenvalue weighted by Gasteiger charge is -2.33. The van der Waals surface area contributed by atoms with Crippen molar-refractivity contribution in [1.82, 2.24) is 0 Å². The first-order valence-corrected chi connectivity index (χ1v) is 17.0. The lowest BCUT2D eigenvalue weighted by Crippen LogP contribution is -2.39. The number of ether oxygens (including phenoxy) is 4. The maximum atomic E-state index is 12.7. The van der Waals surface area contributed by atoms with Gasteiger partial charge in [0.2, 0.25) is 0 Å². The molecule has 0 heterocycles. The maximum Gasteiger partial charge on any atom is 0.309 e. The van der Waals surface area contributed by atoms with Crippen LogP contribution in [0.25, 0.3) is 0 Å². The number of carboxylic acid groups (broad SMARTS) is 2. The number of aliphatic carboxylic acids is 2. The van der Waals surface area contributed by atoms with E-state index in [0.717, 1.165) is 44.9 Å². The van der Waals surface area contributed by atoms with Crippen LogP contribution in [0.2, 0.25) is 0 Å². The van der Waals surface area contributed by atoms with E-state index in [2.05, 4.69) is 6.11 Å². The van der Waals surface area contributed by atoms with Gasteiger partial charge in [0.15, 0.2) is 0 Å². The zero-order valence-corrected chi connectivity index (χ0v) is 26.5. The van der Waals surface area contributed by atoms with Crippen LogP contribution in [-0.4, -0.2) is 79.5 Å². The molecule has 0 aliphatic heterocycles. The topological polar surface area (TPSA) is 147 Å². The third kappa shape index (κ3) is 11.4. The van der Waals surface area contributed by atoms with Crippen molar-refractivity contribution in [3.05, 3.63) is 0 Å². The van der Waals surface area contributed by atoms with Crippen LogP contribution >= 0.6 is 0 Å². The molecule has 0 radical (unpaired) electrons. The van der Waals surface area contributed by atoms with Gasteiger partial charge in [-0.2, -0.15) is 0 Å². The quantitative estimate of drug-likeness (QED) is 0.0776. The third-order valence-corrected chi connectivity index (χ3v) is 10.4. The molecule has 0 bridgehead atoms. The monoisotopic (exact) mass is 636 g/mol. The molecular formula is C34H52O11. The van der Waals surface area contributed by atoms with Crippen LogP contribution in [0.3, 0.4) is 0 Å². The van der Waals surface area contributed by atoms with Crippen LogP contribution in [0.5, 0.6) is 0 Å². The van der Waals surface area contributed by atoms with Gasteiger partial charge in [0.25, 0.3) is 0 Å². The van der Waals surface area contributed by atoms with Crippen LogP contribution in [0.15, 0.2) is 0 Å². The van der Waals surface area contributed by atoms with Gasteiger partial charge >= 0.3 is 17.9 Å². The van der Waals surface area contributed by atoms with Gasteiger partial charge in [-0.3, -0.25) is 14.4 Å². The Hall–Kier alpha value is -2.39. The predicted octanol–water partition coefficient (Wildman–Crippen LogP) is 5.00. The van der Waals surface area contributed by atoms with E-state index in [1.54, 1.807) is 0 Å². The second-order valence-corrected chi connectivity index (χ2v) is 13.4. The molecule has 0 aromatic heterocycles. The highest BCUT2D eigenvalue weighted by molar-refractivity contribution is 5.81. The van der Waals surface area contributed by atoms with Crippen LogP contribution in [0.1, 0.15) is 96.3 Å². The van der Waals surface area contributed by atoms with Crippen molar-refractivity contribution in [3.8, 4) is 12.5 Å². The van der Waals surface area contributed by atoms with Gasteiger partial charge in [-0.05, 0) is 94.8 Å². The summed E-state index contributed by atoms with van der Waals surface area (Å²) in [6.07, 6.45) is 19.9. The molecule has 0 aromatic rings. The molecular weight excluding hydrogens is 584 g/mol. The van der Waals surface area contributed by atoms with E-state index in [4.69, 9.17) is 35.1 Å². The van der Waals surface area contributed by atoms with Crippen molar-refractivity contribution >= 4 is 17.9 Å². The van der Waals surface area contributed by atoms with Crippen molar-refractivity contribution < 1.29 is 53.3 Å². The Kier molecular flexibility index (Phi) is 14.7. The van der Waals surface area contributed by atoms with E-state index in [1.807, 2.05) is 0 Å². The second kappa shape index (κ2) is 18.7. The average Bonchev–Trinajstić information content (AvgIpc) is 3.05. The second-order valence-electron chi connectivity index (χ2n) is 13.4. The maximum absolute atomic E-state index is 12.7. The number of hydrogen-bond acceptors (Lipinski definition) is 9. The molecule has 0 saturated heterocycles. The SMILES string of the molecule is C#COC1CCC(C(=O)OCC2CCC(COOCC3CCC(OCCOC4CCCCC4)CC3C(=O)O)CC2)C(C(=O)O)C1. The van der Waals surface area contributed by atoms with Gasteiger partial charge < -0.3 is 29.2 Å². The molecule has 0 spiro atoms. The summed E-state index contributed by atoms with van der Waals surface area (Å²) in [5.41, 5.74) is 0. The number of hydrogen-bond donors (Lipinski definition) is 2. The molecule has 4 fully saturated rings. The minimum atomic E-state index is -1.03. The highest BCUT2D eigenvalue weighted by Gasteiger charge is 2.41. The normalized spacial score (nSPS) is 32.7. The molecule has 0 aromatic carbocycles. The van der Waals surface area contributed by atoms with Crippen molar-refractivity contribution in [2.75, 3.05) is 33.0 Å². The molecule has 4 aliphatic carbocycles. The molecule has 11 heteroatoms. The predicted molar refractivity (Wildman–Crippen MR) is 162 cm³/mol. The fraction of sp³-hybridized carbons (Fsp3) is 0.853. The lowest BCUT2D eigenvalue weighted by molar-refractivity contribution is -0.312. The summed E-state index contributed by atoms with van der Waals surface area (Å²) in [4.78, 5) is 47.5. The number of carbonyl (C=O) groups is 3. The zero-order valence-electron chi connectivity index (χ0n) is 26.5. The van der Waals surface area contributed by atoms with Gasteiger partial charge in [0.05, 0.1) is 63.0 Å². The van der Waals surface area contributed by atoms with Crippen molar-refractivity contribution in [2.45, 2.75) is 115 Å². The Labute approximate surface area is 266 Å². The van der Waals surface area contributed by atoms with Gasteiger partial charge in [-0.1, -0.05) is 25.7 Å². The molecule has 45 heavy (non-hydrogen) atoms. The molecule has 254 valence electrons. The highest BCUT2D eigenvalue weighted by atomic mass is 17.2. The Morgan fingerprint density at radius 1 is 0.622 bits per heavy atom. The number of rotatable bonds is 16. The van der Waals surface area contributed by atoms with Gasteiger partial charge in [-0.25, -0.2) is 9.78 Å². The van der Waals surface area contributed by atoms with E-state index < -0.39 is 35.7 Å². The van der Waals surface area contributed by atoms with E-state index in [-0.39, 0.29) is 43.7 Å². The van der Waals surface area contributed by atoms with E-state index in [1.165, 1.54) is 19.3 Å². The van der Waals surface area contributed by atoms with E-state index >= 15 is 0 Å². The molecule has 4 rings (SSSR count). The summed E-state index contributed by atoms with van der Waals surface area (Å²) in [6, 6.07) is 0. The fourth-order valence-corrected chi connectivity index (χ4v) is 7.55. The van der Waals surface area contributed by atoms with Crippen molar-refractivity contribution in [2.24, 2.45) is 35.5 Å². The van der Waals surface area contributed by atoms with E-state index in [0.29, 0.717) is 57.5 Å². The molecule has 11 nitrogen and oxygen atoms in total. The number of carboxylic acids is 2. The smallest absolute Gasteiger partial charge is 0.309 e. The third-order valence-electron chi connectivity index (χ3n) is 10.4. The summed E-state index contributed by atoms with van der Waals surface area (Å²) < 4.78 is 22.6. The Balaban J connectivity index is 1.06.